The minimum Gasteiger partial charge on any atom is -0.366 e. The highest BCUT2D eigenvalue weighted by molar-refractivity contribution is 6.44. The van der Waals surface area contributed by atoms with Gasteiger partial charge >= 0.3 is 0 Å². The van der Waals surface area contributed by atoms with Crippen LogP contribution in [-0.2, 0) is 0 Å². The molecule has 0 unspecified atom stereocenters. The van der Waals surface area contributed by atoms with Crippen molar-refractivity contribution in [2.75, 3.05) is 10.6 Å². The van der Waals surface area contributed by atoms with Crippen LogP contribution in [0.2, 0.25) is 10.0 Å². The third-order valence-corrected chi connectivity index (χ3v) is 3.35. The molecule has 0 aliphatic carbocycles. The van der Waals surface area contributed by atoms with Gasteiger partial charge in [0.25, 0.3) is 5.91 Å². The molecule has 0 saturated heterocycles. The van der Waals surface area contributed by atoms with E-state index in [-0.39, 0.29) is 11.7 Å². The zero-order valence-corrected chi connectivity index (χ0v) is 13.0. The van der Waals surface area contributed by atoms with Crippen molar-refractivity contribution in [3.05, 3.63) is 46.1 Å². The average Bonchev–Trinajstić information content (AvgIpc) is 2.44. The lowest BCUT2D eigenvalue weighted by molar-refractivity contribution is 0.102. The van der Waals surface area contributed by atoms with E-state index in [0.29, 0.717) is 21.6 Å². The van der Waals surface area contributed by atoms with Gasteiger partial charge in [-0.2, -0.15) is 0 Å². The fourth-order valence-electron chi connectivity index (χ4n) is 1.61. The third kappa shape index (κ3) is 4.06. The van der Waals surface area contributed by atoms with E-state index in [1.54, 1.807) is 30.3 Å². The molecular formula is C14H14Cl2N4O. The van der Waals surface area contributed by atoms with Gasteiger partial charge in [-0.05, 0) is 38.1 Å². The van der Waals surface area contributed by atoms with Crippen LogP contribution in [-0.4, -0.2) is 22.1 Å². The van der Waals surface area contributed by atoms with Crippen LogP contribution in [0.1, 0.15) is 24.3 Å². The van der Waals surface area contributed by atoms with Crippen molar-refractivity contribution in [1.82, 2.24) is 10.2 Å². The number of nitrogens with zero attached hydrogens (tertiary/aromatic N) is 2. The Balaban J connectivity index is 2.11. The lowest BCUT2D eigenvalue weighted by atomic mass is 10.3. The van der Waals surface area contributed by atoms with Gasteiger partial charge in [-0.3, -0.25) is 4.79 Å². The van der Waals surface area contributed by atoms with Crippen molar-refractivity contribution in [2.24, 2.45) is 0 Å². The van der Waals surface area contributed by atoms with Crippen molar-refractivity contribution < 1.29 is 4.79 Å². The van der Waals surface area contributed by atoms with Crippen LogP contribution >= 0.6 is 23.2 Å². The Morgan fingerprint density at radius 1 is 1.14 bits per heavy atom. The first-order chi connectivity index (χ1) is 9.97. The van der Waals surface area contributed by atoms with E-state index >= 15 is 0 Å². The molecule has 0 bridgehead atoms. The Morgan fingerprint density at radius 3 is 2.52 bits per heavy atom. The zero-order valence-electron chi connectivity index (χ0n) is 11.5. The quantitative estimate of drug-likeness (QED) is 0.896. The number of anilines is 2. The molecule has 0 radical (unpaired) electrons. The van der Waals surface area contributed by atoms with Crippen LogP contribution in [0.5, 0.6) is 0 Å². The van der Waals surface area contributed by atoms with Gasteiger partial charge in [0.05, 0.1) is 15.7 Å². The second-order valence-electron chi connectivity index (χ2n) is 4.66. The smallest absolute Gasteiger partial charge is 0.276 e. The SMILES string of the molecule is CC(C)Nc1ccc(C(=O)Nc2cccc(Cl)c2Cl)nn1. The fourth-order valence-corrected chi connectivity index (χ4v) is 1.96. The van der Waals surface area contributed by atoms with Crippen LogP contribution in [0.25, 0.3) is 0 Å². The monoisotopic (exact) mass is 324 g/mol. The van der Waals surface area contributed by atoms with E-state index in [9.17, 15) is 4.79 Å². The second kappa shape index (κ2) is 6.74. The minimum absolute atomic E-state index is 0.195. The molecule has 5 nitrogen and oxygen atoms in total. The summed E-state index contributed by atoms with van der Waals surface area (Å²) in [4.78, 5) is 12.1. The molecule has 2 aromatic rings. The summed E-state index contributed by atoms with van der Waals surface area (Å²) in [5.74, 6) is 0.213. The van der Waals surface area contributed by atoms with Crippen LogP contribution in [0.3, 0.4) is 0 Å². The molecule has 1 aromatic heterocycles. The van der Waals surface area contributed by atoms with Gasteiger partial charge < -0.3 is 10.6 Å². The van der Waals surface area contributed by atoms with Gasteiger partial charge in [-0.1, -0.05) is 29.3 Å². The molecule has 1 aromatic carbocycles. The van der Waals surface area contributed by atoms with E-state index in [0.717, 1.165) is 0 Å². The number of hydrogen-bond acceptors (Lipinski definition) is 4. The Morgan fingerprint density at radius 2 is 1.90 bits per heavy atom. The normalized spacial score (nSPS) is 10.5. The number of carbonyl (C=O) groups excluding carboxylic acids is 1. The first-order valence-electron chi connectivity index (χ1n) is 6.33. The molecule has 0 saturated carbocycles. The van der Waals surface area contributed by atoms with Crippen molar-refractivity contribution in [3.63, 3.8) is 0 Å². The van der Waals surface area contributed by atoms with Crippen LogP contribution in [0.4, 0.5) is 11.5 Å². The van der Waals surface area contributed by atoms with Gasteiger partial charge in [0, 0.05) is 6.04 Å². The summed E-state index contributed by atoms with van der Waals surface area (Å²) in [5.41, 5.74) is 0.626. The molecule has 7 heteroatoms. The third-order valence-electron chi connectivity index (χ3n) is 2.53. The number of aromatic nitrogens is 2. The summed E-state index contributed by atoms with van der Waals surface area (Å²) in [6.45, 7) is 3.98. The van der Waals surface area contributed by atoms with Crippen molar-refractivity contribution in [3.8, 4) is 0 Å². The van der Waals surface area contributed by atoms with E-state index in [4.69, 9.17) is 23.2 Å². The summed E-state index contributed by atoms with van der Waals surface area (Å²) < 4.78 is 0. The number of halogens is 2. The number of rotatable bonds is 4. The lowest BCUT2D eigenvalue weighted by Gasteiger charge is -2.09. The van der Waals surface area contributed by atoms with Crippen LogP contribution in [0.15, 0.2) is 30.3 Å². The van der Waals surface area contributed by atoms with E-state index in [1.807, 2.05) is 13.8 Å². The molecule has 0 spiro atoms. The molecule has 1 amide bonds. The summed E-state index contributed by atoms with van der Waals surface area (Å²) in [7, 11) is 0. The molecule has 0 atom stereocenters. The predicted octanol–water partition coefficient (Wildman–Crippen LogP) is 3.86. The predicted molar refractivity (Wildman–Crippen MR) is 85.2 cm³/mol. The van der Waals surface area contributed by atoms with E-state index in [1.165, 1.54) is 0 Å². The average molecular weight is 325 g/mol. The highest BCUT2D eigenvalue weighted by atomic mass is 35.5. The maximum atomic E-state index is 12.1. The van der Waals surface area contributed by atoms with E-state index < -0.39 is 5.91 Å². The Kier molecular flexibility index (Phi) is 4.98. The lowest BCUT2D eigenvalue weighted by Crippen LogP contribution is -2.16. The number of amides is 1. The molecule has 2 rings (SSSR count). The molecular weight excluding hydrogens is 311 g/mol. The maximum absolute atomic E-state index is 12.1. The van der Waals surface area contributed by atoms with Gasteiger partial charge in [0.15, 0.2) is 5.69 Å². The molecule has 0 aliphatic rings. The van der Waals surface area contributed by atoms with Gasteiger partial charge in [0.2, 0.25) is 0 Å². The highest BCUT2D eigenvalue weighted by Crippen LogP contribution is 2.29. The number of benzene rings is 1. The zero-order chi connectivity index (χ0) is 15.4. The fraction of sp³-hybridized carbons (Fsp3) is 0.214. The van der Waals surface area contributed by atoms with Crippen molar-refractivity contribution in [1.29, 1.82) is 0 Å². The number of hydrogen-bond donors (Lipinski definition) is 2. The minimum atomic E-state index is -0.400. The molecule has 110 valence electrons. The molecule has 0 fully saturated rings. The Labute approximate surface area is 132 Å². The number of nitrogens with one attached hydrogen (secondary N) is 2. The van der Waals surface area contributed by atoms with Crippen LogP contribution < -0.4 is 10.6 Å². The summed E-state index contributed by atoms with van der Waals surface area (Å²) in [6, 6.07) is 8.53. The highest BCUT2D eigenvalue weighted by Gasteiger charge is 2.12. The summed E-state index contributed by atoms with van der Waals surface area (Å²) in [6.07, 6.45) is 0. The van der Waals surface area contributed by atoms with Gasteiger partial charge in [0.1, 0.15) is 5.82 Å². The largest absolute Gasteiger partial charge is 0.366 e. The second-order valence-corrected chi connectivity index (χ2v) is 5.44. The molecule has 0 aliphatic heterocycles. The Hall–Kier alpha value is -1.85. The first-order valence-corrected chi connectivity index (χ1v) is 7.08. The number of carbonyl (C=O) groups is 1. The van der Waals surface area contributed by atoms with Crippen molar-refractivity contribution in [2.45, 2.75) is 19.9 Å². The standard InChI is InChI=1S/C14H14Cl2N4O/c1-8(2)17-12-7-6-11(19-20-12)14(21)18-10-5-3-4-9(15)13(10)16/h3-8H,1-2H3,(H,17,20)(H,18,21). The van der Waals surface area contributed by atoms with Gasteiger partial charge in [-0.25, -0.2) is 0 Å². The molecule has 2 N–H and O–H groups in total. The first kappa shape index (κ1) is 15.5. The topological polar surface area (TPSA) is 66.9 Å². The Bertz CT molecular complexity index is 644. The molecule has 21 heavy (non-hydrogen) atoms. The summed E-state index contributed by atoms with van der Waals surface area (Å²) >= 11 is 11.9. The summed E-state index contributed by atoms with van der Waals surface area (Å²) in [5, 5.41) is 14.2. The van der Waals surface area contributed by atoms with Gasteiger partial charge in [-0.15, -0.1) is 10.2 Å². The van der Waals surface area contributed by atoms with Crippen molar-refractivity contribution >= 4 is 40.6 Å². The van der Waals surface area contributed by atoms with Crippen LogP contribution in [0, 0.1) is 0 Å². The van der Waals surface area contributed by atoms with E-state index in [2.05, 4.69) is 20.8 Å². The maximum Gasteiger partial charge on any atom is 0.276 e. The molecule has 1 heterocycles.